The number of aliphatic hydroxyl groups excluding tert-OH is 2. The number of oxime groups is 1. The number of unbranched alkanes of at least 4 members (excludes halogenated alkanes) is 2. The zero-order chi connectivity index (χ0) is 48.8. The van der Waals surface area contributed by atoms with Crippen LogP contribution >= 0.6 is 11.6 Å². The third-order valence-electron chi connectivity index (χ3n) is 12.9. The standard InChI is InChI=1S/C53H61ClFN3O11/c1-4-27-66-53-48(58(52(62)65-28-24-54)33-35-16-18-38(55)19-17-35)32-45(57-67-34-36-12-6-5-7-13-36)42-29-37(14-8-10-25-59)41(15-9-11-26-60)49(50(42)53)43-30-40(21-23-46(43)69-53)68-51(61)56-44-22-20-39(63-2)31-47(44)64-3/h4-7,12-13,16-23,29-31,37,41,48-50,59-60H,1,8-11,14-15,24-28,32-34H2,2-3H3,(H,56,61). The number of carbonyl (C=O) groups excluding carboxylic acids is 2. The number of aliphatic hydroxyl groups is 2. The fraction of sp³-hybridized carbons (Fsp3) is 0.415. The first-order chi connectivity index (χ1) is 33.7. The van der Waals surface area contributed by atoms with Gasteiger partial charge in [0, 0.05) is 43.7 Å². The largest absolute Gasteiger partial charge is 0.497 e. The highest BCUT2D eigenvalue weighted by atomic mass is 35.5. The Morgan fingerprint density at radius 3 is 2.41 bits per heavy atom. The van der Waals surface area contributed by atoms with Crippen molar-refractivity contribution >= 4 is 35.2 Å². The van der Waals surface area contributed by atoms with Crippen LogP contribution in [0.25, 0.3) is 0 Å². The Hall–Kier alpha value is -6.13. The number of benzene rings is 4. The van der Waals surface area contributed by atoms with Crippen LogP contribution in [0.2, 0.25) is 0 Å². The van der Waals surface area contributed by atoms with E-state index in [1.54, 1.807) is 48.5 Å². The lowest BCUT2D eigenvalue weighted by Gasteiger charge is -2.59. The molecule has 4 aromatic rings. The summed E-state index contributed by atoms with van der Waals surface area (Å²) >= 11 is 6.09. The van der Waals surface area contributed by atoms with Crippen LogP contribution in [0, 0.1) is 23.6 Å². The van der Waals surface area contributed by atoms with E-state index in [9.17, 15) is 24.2 Å². The normalized spacial score (nSPS) is 21.7. The van der Waals surface area contributed by atoms with Crippen molar-refractivity contribution in [2.45, 2.75) is 75.8 Å². The van der Waals surface area contributed by atoms with E-state index >= 15 is 0 Å². The van der Waals surface area contributed by atoms with Crippen LogP contribution in [0.4, 0.5) is 19.7 Å². The molecule has 3 aliphatic rings. The summed E-state index contributed by atoms with van der Waals surface area (Å²) in [5, 5.41) is 27.7. The minimum absolute atomic E-state index is 0.00956. The van der Waals surface area contributed by atoms with Gasteiger partial charge in [-0.15, -0.1) is 18.2 Å². The highest BCUT2D eigenvalue weighted by Crippen LogP contribution is 2.62. The molecule has 1 heterocycles. The summed E-state index contributed by atoms with van der Waals surface area (Å²) in [6.45, 7) is 4.12. The lowest BCUT2D eigenvalue weighted by atomic mass is 9.55. The van der Waals surface area contributed by atoms with E-state index in [4.69, 9.17) is 50.0 Å². The molecule has 1 aliphatic heterocycles. The molecule has 0 aromatic heterocycles. The topological polar surface area (TPSA) is 167 Å². The summed E-state index contributed by atoms with van der Waals surface area (Å²) in [6.07, 6.45) is 6.46. The molecule has 3 N–H and O–H groups in total. The summed E-state index contributed by atoms with van der Waals surface area (Å²) in [7, 11) is 3.02. The number of ether oxygens (including phenoxy) is 6. The van der Waals surface area contributed by atoms with Crippen LogP contribution in [0.3, 0.4) is 0 Å². The zero-order valence-corrected chi connectivity index (χ0v) is 39.8. The van der Waals surface area contributed by atoms with Crippen molar-refractivity contribution in [1.82, 2.24) is 4.90 Å². The van der Waals surface area contributed by atoms with Gasteiger partial charge in [0.05, 0.1) is 44.0 Å². The number of alkyl halides is 1. The molecule has 69 heavy (non-hydrogen) atoms. The molecule has 1 fully saturated rings. The number of amides is 2. The van der Waals surface area contributed by atoms with E-state index in [1.807, 2.05) is 36.4 Å². The van der Waals surface area contributed by atoms with Crippen molar-refractivity contribution in [3.8, 4) is 23.0 Å². The number of allylic oxidation sites excluding steroid dienone is 1. The van der Waals surface area contributed by atoms with Gasteiger partial charge in [-0.05, 0) is 96.7 Å². The summed E-state index contributed by atoms with van der Waals surface area (Å²) in [6, 6.07) is 24.8. The third kappa shape index (κ3) is 12.0. The number of nitrogens with one attached hydrogen (secondary N) is 1. The lowest BCUT2D eigenvalue weighted by molar-refractivity contribution is -0.256. The first-order valence-electron chi connectivity index (χ1n) is 23.4. The number of halogens is 2. The van der Waals surface area contributed by atoms with E-state index in [0.29, 0.717) is 59.9 Å². The predicted octanol–water partition coefficient (Wildman–Crippen LogP) is 10.2. The predicted molar refractivity (Wildman–Crippen MR) is 259 cm³/mol. The molecule has 4 aromatic carbocycles. The summed E-state index contributed by atoms with van der Waals surface area (Å²) in [5.41, 5.74) is 3.99. The summed E-state index contributed by atoms with van der Waals surface area (Å²) in [5.74, 6) is -1.73. The third-order valence-corrected chi connectivity index (χ3v) is 13.1. The number of methoxy groups -OCH3 is 2. The Bertz CT molecular complexity index is 2420. The number of hydrogen-bond donors (Lipinski definition) is 3. The van der Waals surface area contributed by atoms with Gasteiger partial charge in [-0.25, -0.2) is 14.0 Å². The fourth-order valence-corrected chi connectivity index (χ4v) is 9.99. The highest BCUT2D eigenvalue weighted by molar-refractivity contribution is 6.18. The van der Waals surface area contributed by atoms with Gasteiger partial charge in [0.1, 0.15) is 48.1 Å². The van der Waals surface area contributed by atoms with E-state index in [2.05, 4.69) is 18.0 Å². The van der Waals surface area contributed by atoms with Gasteiger partial charge in [-0.2, -0.15) is 0 Å². The Morgan fingerprint density at radius 1 is 0.942 bits per heavy atom. The van der Waals surface area contributed by atoms with Gasteiger partial charge in [-0.1, -0.05) is 72.6 Å². The smallest absolute Gasteiger partial charge is 0.417 e. The maximum Gasteiger partial charge on any atom is 0.417 e. The second-order valence-electron chi connectivity index (χ2n) is 17.2. The molecule has 0 bridgehead atoms. The zero-order valence-electron chi connectivity index (χ0n) is 39.0. The molecule has 0 radical (unpaired) electrons. The monoisotopic (exact) mass is 969 g/mol. The molecule has 2 amide bonds. The molecule has 6 unspecified atom stereocenters. The second-order valence-corrected chi connectivity index (χ2v) is 17.5. The van der Waals surface area contributed by atoms with Crippen molar-refractivity contribution < 1.29 is 57.5 Å². The van der Waals surface area contributed by atoms with Crippen LogP contribution < -0.4 is 24.3 Å². The maximum absolute atomic E-state index is 14.6. The maximum atomic E-state index is 14.6. The van der Waals surface area contributed by atoms with E-state index in [0.717, 1.165) is 29.5 Å². The number of rotatable bonds is 23. The molecule has 368 valence electrons. The molecule has 2 aliphatic carbocycles. The Balaban J connectivity index is 1.41. The Labute approximate surface area is 407 Å². The first-order valence-corrected chi connectivity index (χ1v) is 23.9. The molecular weight excluding hydrogens is 909 g/mol. The average Bonchev–Trinajstić information content (AvgIpc) is 3.36. The minimum atomic E-state index is -1.63. The lowest BCUT2D eigenvalue weighted by Crippen LogP contribution is -2.70. The number of nitrogens with zero attached hydrogens (tertiary/aromatic N) is 2. The van der Waals surface area contributed by atoms with Gasteiger partial charge in [0.2, 0.25) is 5.79 Å². The van der Waals surface area contributed by atoms with Crippen LogP contribution in [-0.4, -0.2) is 91.4 Å². The van der Waals surface area contributed by atoms with Crippen molar-refractivity contribution in [1.29, 1.82) is 0 Å². The number of hydrogen-bond acceptors (Lipinski definition) is 12. The molecule has 14 nitrogen and oxygen atoms in total. The second kappa shape index (κ2) is 24.4. The molecule has 16 heteroatoms. The molecular formula is C53H61ClFN3O11. The average molecular weight is 971 g/mol. The van der Waals surface area contributed by atoms with Gasteiger partial charge in [0.25, 0.3) is 0 Å². The summed E-state index contributed by atoms with van der Waals surface area (Å²) < 4.78 is 51.3. The van der Waals surface area contributed by atoms with Gasteiger partial charge in [0.15, 0.2) is 0 Å². The van der Waals surface area contributed by atoms with Gasteiger partial charge in [-0.3, -0.25) is 10.2 Å². The van der Waals surface area contributed by atoms with Crippen molar-refractivity contribution in [3.63, 3.8) is 0 Å². The molecule has 0 saturated heterocycles. The van der Waals surface area contributed by atoms with Gasteiger partial charge >= 0.3 is 12.2 Å². The van der Waals surface area contributed by atoms with Crippen LogP contribution in [0.5, 0.6) is 23.0 Å². The van der Waals surface area contributed by atoms with Crippen molar-refractivity contribution in [2.24, 2.45) is 22.9 Å². The SMILES string of the molecule is C=CCOC12Oc3ccc(OC(=O)Nc4ccc(OC)cc4OC)cc3C3C(CCCCO)C(CCCCO)C=C(C(=NOCc4ccccc4)CC1N(Cc1ccc(F)cc1)C(=O)OCCCl)C32. The van der Waals surface area contributed by atoms with Crippen LogP contribution in [-0.2, 0) is 27.5 Å². The van der Waals surface area contributed by atoms with Gasteiger partial charge < -0.3 is 43.5 Å². The molecule has 0 spiro atoms. The Morgan fingerprint density at radius 2 is 1.70 bits per heavy atom. The van der Waals surface area contributed by atoms with Crippen molar-refractivity contribution in [3.05, 3.63) is 138 Å². The molecule has 7 rings (SSSR count). The Kier molecular flexibility index (Phi) is 18.0. The van der Waals surface area contributed by atoms with Crippen LogP contribution in [0.1, 0.15) is 67.6 Å². The molecule has 1 saturated carbocycles. The number of anilines is 1. The number of carbonyl (C=O) groups is 2. The summed E-state index contributed by atoms with van der Waals surface area (Å²) in [4.78, 5) is 36.0. The quantitative estimate of drug-likeness (QED) is 0.0280. The van der Waals surface area contributed by atoms with Crippen LogP contribution in [0.15, 0.2) is 120 Å². The van der Waals surface area contributed by atoms with Crippen molar-refractivity contribution in [2.75, 3.05) is 51.8 Å². The van der Waals surface area contributed by atoms with E-state index in [1.165, 1.54) is 31.3 Å². The van der Waals surface area contributed by atoms with E-state index in [-0.39, 0.29) is 69.5 Å². The first kappa shape index (κ1) is 50.7. The minimum Gasteiger partial charge on any atom is -0.497 e. The molecule has 6 atom stereocenters. The highest BCUT2D eigenvalue weighted by Gasteiger charge is 2.65. The number of fused-ring (bicyclic) bond motifs is 2. The van der Waals surface area contributed by atoms with E-state index < -0.39 is 41.7 Å². The fourth-order valence-electron chi connectivity index (χ4n) is 9.91.